The molecule has 3 nitrogen and oxygen atoms in total. The molecule has 0 spiro atoms. The fraction of sp³-hybridized carbons (Fsp3) is 0.947. The number of hydrogen-bond donors (Lipinski definition) is 0. The van der Waals surface area contributed by atoms with E-state index in [-0.39, 0.29) is 11.9 Å². The summed E-state index contributed by atoms with van der Waals surface area (Å²) in [6, 6.07) is 0. The van der Waals surface area contributed by atoms with E-state index in [0.29, 0.717) is 6.61 Å². The third kappa shape index (κ3) is 15.8. The van der Waals surface area contributed by atoms with Gasteiger partial charge in [-0.2, -0.15) is 0 Å². The summed E-state index contributed by atoms with van der Waals surface area (Å²) in [5.74, 6) is 1.40. The van der Waals surface area contributed by atoms with Gasteiger partial charge in [0.2, 0.25) is 0 Å². The van der Waals surface area contributed by atoms with Gasteiger partial charge >= 0.3 is 5.97 Å². The minimum Gasteiger partial charge on any atom is -0.466 e. The van der Waals surface area contributed by atoms with Crippen LogP contribution in [-0.4, -0.2) is 25.8 Å². The van der Waals surface area contributed by atoms with Gasteiger partial charge in [0.25, 0.3) is 0 Å². The first kappa shape index (κ1) is 23.7. The molecule has 0 amide bonds. The Balaban J connectivity index is 0. The fourth-order valence-electron chi connectivity index (χ4n) is 1.76. The molecule has 0 heterocycles. The van der Waals surface area contributed by atoms with Crippen LogP contribution in [0.3, 0.4) is 0 Å². The summed E-state index contributed by atoms with van der Waals surface area (Å²) in [7, 11) is 0. The van der Waals surface area contributed by atoms with E-state index < -0.39 is 0 Å². The van der Waals surface area contributed by atoms with Gasteiger partial charge in [-0.05, 0) is 25.2 Å². The smallest absolute Gasteiger partial charge is 0.308 e. The van der Waals surface area contributed by atoms with Crippen LogP contribution in [0.5, 0.6) is 0 Å². The Morgan fingerprint density at radius 2 is 1.59 bits per heavy atom. The minimum absolute atomic E-state index is 0.00921. The lowest BCUT2D eigenvalue weighted by atomic mass is 10.0. The molecule has 0 aromatic heterocycles. The summed E-state index contributed by atoms with van der Waals surface area (Å²) in [5.41, 5.74) is 0. The minimum atomic E-state index is -0.118. The van der Waals surface area contributed by atoms with Crippen molar-refractivity contribution >= 4 is 5.97 Å². The van der Waals surface area contributed by atoms with Crippen molar-refractivity contribution in [2.45, 2.75) is 80.6 Å². The van der Waals surface area contributed by atoms with E-state index in [0.717, 1.165) is 25.0 Å². The van der Waals surface area contributed by atoms with Crippen LogP contribution in [0.25, 0.3) is 0 Å². The molecule has 3 heteroatoms. The highest BCUT2D eigenvalue weighted by Gasteiger charge is 2.07. The molecule has 0 aromatic rings. The molecule has 2 unspecified atom stereocenters. The van der Waals surface area contributed by atoms with E-state index in [1.807, 2.05) is 13.8 Å². The highest BCUT2D eigenvalue weighted by Crippen LogP contribution is 2.13. The summed E-state index contributed by atoms with van der Waals surface area (Å²) >= 11 is 0. The van der Waals surface area contributed by atoms with Gasteiger partial charge in [-0.1, -0.05) is 67.2 Å². The number of esters is 1. The van der Waals surface area contributed by atoms with Gasteiger partial charge in [-0.25, -0.2) is 0 Å². The maximum Gasteiger partial charge on any atom is 0.308 e. The van der Waals surface area contributed by atoms with E-state index in [1.165, 1.54) is 32.1 Å². The van der Waals surface area contributed by atoms with Gasteiger partial charge in [-0.3, -0.25) is 4.79 Å². The third-order valence-electron chi connectivity index (χ3n) is 3.75. The average molecular weight is 317 g/mol. The molecule has 22 heavy (non-hydrogen) atoms. The molecular formula is C19H40O3. The Kier molecular flexibility index (Phi) is 18.1. The van der Waals surface area contributed by atoms with Gasteiger partial charge in [-0.15, -0.1) is 0 Å². The van der Waals surface area contributed by atoms with Crippen molar-refractivity contribution in [1.82, 2.24) is 0 Å². The Hall–Kier alpha value is -0.570. The van der Waals surface area contributed by atoms with Gasteiger partial charge < -0.3 is 9.47 Å². The second-order valence-electron chi connectivity index (χ2n) is 6.37. The van der Waals surface area contributed by atoms with Crippen LogP contribution in [0.4, 0.5) is 0 Å². The van der Waals surface area contributed by atoms with E-state index in [9.17, 15) is 4.79 Å². The number of rotatable bonds is 11. The largest absolute Gasteiger partial charge is 0.466 e. The monoisotopic (exact) mass is 316 g/mol. The first-order chi connectivity index (χ1) is 10.4. The van der Waals surface area contributed by atoms with Gasteiger partial charge in [0.05, 0.1) is 12.5 Å². The maximum atomic E-state index is 10.5. The fourth-order valence-corrected chi connectivity index (χ4v) is 1.76. The van der Waals surface area contributed by atoms with Crippen molar-refractivity contribution in [1.29, 1.82) is 0 Å². The molecule has 0 saturated carbocycles. The molecule has 0 aliphatic carbocycles. The van der Waals surface area contributed by atoms with Crippen molar-refractivity contribution in [3.05, 3.63) is 0 Å². The summed E-state index contributed by atoms with van der Waals surface area (Å²) < 4.78 is 10.4. The number of unbranched alkanes of at least 4 members (excludes halogenated alkanes) is 1. The van der Waals surface area contributed by atoms with E-state index >= 15 is 0 Å². The van der Waals surface area contributed by atoms with Crippen LogP contribution in [-0.2, 0) is 14.3 Å². The predicted molar refractivity (Wildman–Crippen MR) is 95.1 cm³/mol. The van der Waals surface area contributed by atoms with Crippen molar-refractivity contribution in [3.8, 4) is 0 Å². The molecule has 2 atom stereocenters. The average Bonchev–Trinajstić information content (AvgIpc) is 2.51. The second-order valence-corrected chi connectivity index (χ2v) is 6.37. The van der Waals surface area contributed by atoms with Crippen molar-refractivity contribution in [2.75, 3.05) is 19.8 Å². The van der Waals surface area contributed by atoms with Crippen LogP contribution >= 0.6 is 0 Å². The zero-order valence-corrected chi connectivity index (χ0v) is 16.1. The maximum absolute atomic E-state index is 10.5. The molecule has 0 aromatic carbocycles. The zero-order valence-electron chi connectivity index (χ0n) is 16.1. The molecule has 0 aliphatic heterocycles. The standard InChI is InChI=1S/C13H28O.C6H12O2/c1-5-8-9-13(7-3)11-14-10-12(4)6-2;1-4-8-6(7)5(2)3/h12-13H,5-11H2,1-4H3;5H,4H2,1-3H3. The van der Waals surface area contributed by atoms with E-state index in [2.05, 4.69) is 32.4 Å². The Morgan fingerprint density at radius 3 is 1.95 bits per heavy atom. The summed E-state index contributed by atoms with van der Waals surface area (Å²) in [6.07, 6.45) is 6.49. The van der Waals surface area contributed by atoms with Crippen LogP contribution < -0.4 is 0 Å². The van der Waals surface area contributed by atoms with Crippen molar-refractivity contribution < 1.29 is 14.3 Å². The van der Waals surface area contributed by atoms with Gasteiger partial charge in [0, 0.05) is 13.2 Å². The summed E-state index contributed by atoms with van der Waals surface area (Å²) in [6.45, 7) is 16.8. The van der Waals surface area contributed by atoms with Gasteiger partial charge in [0.15, 0.2) is 0 Å². The first-order valence-corrected chi connectivity index (χ1v) is 9.16. The Bertz CT molecular complexity index is 239. The first-order valence-electron chi connectivity index (χ1n) is 9.16. The Labute approximate surface area is 139 Å². The number of hydrogen-bond acceptors (Lipinski definition) is 3. The van der Waals surface area contributed by atoms with Crippen LogP contribution in [0.2, 0.25) is 0 Å². The molecule has 0 saturated heterocycles. The summed E-state index contributed by atoms with van der Waals surface area (Å²) in [5, 5.41) is 0. The quantitative estimate of drug-likeness (QED) is 0.474. The normalized spacial score (nSPS) is 13.3. The molecule has 0 bridgehead atoms. The number of ether oxygens (including phenoxy) is 2. The van der Waals surface area contributed by atoms with Crippen LogP contribution in [0, 0.1) is 17.8 Å². The molecule has 0 fully saturated rings. The molecule has 0 rings (SSSR count). The van der Waals surface area contributed by atoms with Crippen molar-refractivity contribution in [2.24, 2.45) is 17.8 Å². The zero-order chi connectivity index (χ0) is 17.4. The van der Waals surface area contributed by atoms with Crippen molar-refractivity contribution in [3.63, 3.8) is 0 Å². The molecule has 134 valence electrons. The SMILES string of the molecule is CCCCC(CC)COCC(C)CC.CCOC(=O)C(C)C. The van der Waals surface area contributed by atoms with Crippen LogP contribution in [0.1, 0.15) is 80.6 Å². The van der Waals surface area contributed by atoms with E-state index in [1.54, 1.807) is 6.92 Å². The lowest BCUT2D eigenvalue weighted by molar-refractivity contribution is -0.146. The molecule has 0 radical (unpaired) electrons. The lowest BCUT2D eigenvalue weighted by Crippen LogP contribution is -2.12. The molecule has 0 aliphatic rings. The highest BCUT2D eigenvalue weighted by atomic mass is 16.5. The topological polar surface area (TPSA) is 35.5 Å². The number of carbonyl (C=O) groups is 1. The Morgan fingerprint density at radius 1 is 0.955 bits per heavy atom. The van der Waals surface area contributed by atoms with Gasteiger partial charge in [0.1, 0.15) is 0 Å². The predicted octanol–water partition coefficient (Wildman–Crippen LogP) is 5.47. The molecular weight excluding hydrogens is 276 g/mol. The number of carbonyl (C=O) groups excluding carboxylic acids is 1. The van der Waals surface area contributed by atoms with Crippen LogP contribution in [0.15, 0.2) is 0 Å². The lowest BCUT2D eigenvalue weighted by Gasteiger charge is -2.16. The molecule has 0 N–H and O–H groups in total. The van der Waals surface area contributed by atoms with E-state index in [4.69, 9.17) is 4.74 Å². The second kappa shape index (κ2) is 16.8. The third-order valence-corrected chi connectivity index (χ3v) is 3.75. The highest BCUT2D eigenvalue weighted by molar-refractivity contribution is 5.71. The summed E-state index contributed by atoms with van der Waals surface area (Å²) in [4.78, 5) is 10.5.